The minimum absolute atomic E-state index is 0.0278. The molecule has 4 N–H and O–H groups in total. The fraction of sp³-hybridized carbons (Fsp3) is 1.00. The maximum absolute atomic E-state index is 8.67. The molecule has 0 spiro atoms. The van der Waals surface area contributed by atoms with Crippen molar-refractivity contribution < 1.29 is 25.2 Å². The summed E-state index contributed by atoms with van der Waals surface area (Å²) in [6.07, 6.45) is 22.2. The van der Waals surface area contributed by atoms with Crippen molar-refractivity contribution in [3.63, 3.8) is 0 Å². The van der Waals surface area contributed by atoms with Crippen LogP contribution in [0.4, 0.5) is 0 Å². The molecule has 0 radical (unpaired) electrons. The van der Waals surface area contributed by atoms with Crippen molar-refractivity contribution in [3.05, 3.63) is 0 Å². The molecule has 0 saturated heterocycles. The van der Waals surface area contributed by atoms with E-state index in [1.165, 1.54) is 96.3 Å². The lowest BCUT2D eigenvalue weighted by molar-refractivity contribution is 0.0650. The van der Waals surface area contributed by atoms with E-state index in [0.29, 0.717) is 19.8 Å². The summed E-state index contributed by atoms with van der Waals surface area (Å²) in [7, 11) is 1.00. The van der Waals surface area contributed by atoms with E-state index in [-0.39, 0.29) is 13.2 Å². The molecule has 0 fully saturated rings. The second-order valence-corrected chi connectivity index (χ2v) is 7.09. The summed E-state index contributed by atoms with van der Waals surface area (Å²) in [5, 5.41) is 31.8. The Labute approximate surface area is 175 Å². The maximum Gasteiger partial charge on any atom is 0.0698 e. The highest BCUT2D eigenvalue weighted by atomic mass is 16.5. The molecular formula is C23H52O5. The molecule has 0 bridgehead atoms. The zero-order valence-electron chi connectivity index (χ0n) is 19.0. The average molecular weight is 409 g/mol. The van der Waals surface area contributed by atoms with Gasteiger partial charge in [-0.15, -0.1) is 0 Å². The van der Waals surface area contributed by atoms with Crippen molar-refractivity contribution in [2.75, 3.05) is 40.1 Å². The smallest absolute Gasteiger partial charge is 0.0698 e. The van der Waals surface area contributed by atoms with Crippen LogP contribution < -0.4 is 0 Å². The molecule has 0 saturated carbocycles. The Hall–Kier alpha value is -0.200. The highest BCUT2D eigenvalue weighted by molar-refractivity contribution is 4.49. The Morgan fingerprint density at radius 1 is 0.429 bits per heavy atom. The Kier molecular flexibility index (Phi) is 43.5. The van der Waals surface area contributed by atoms with Crippen molar-refractivity contribution in [1.82, 2.24) is 0 Å². The molecule has 0 amide bonds. The summed E-state index contributed by atoms with van der Waals surface area (Å²) in [5.41, 5.74) is 0. The monoisotopic (exact) mass is 408 g/mol. The third kappa shape index (κ3) is 40.5. The van der Waals surface area contributed by atoms with E-state index in [4.69, 9.17) is 20.4 Å². The summed E-state index contributed by atoms with van der Waals surface area (Å²) < 4.78 is 4.63. The topological polar surface area (TPSA) is 90.2 Å². The fourth-order valence-corrected chi connectivity index (χ4v) is 2.89. The zero-order valence-corrected chi connectivity index (χ0v) is 19.0. The van der Waals surface area contributed by atoms with E-state index >= 15 is 0 Å². The van der Waals surface area contributed by atoms with Gasteiger partial charge in [0.1, 0.15) is 0 Å². The number of hydrogen-bond acceptors (Lipinski definition) is 5. The van der Waals surface area contributed by atoms with Crippen LogP contribution in [0.1, 0.15) is 110 Å². The number of aliphatic hydroxyl groups excluding tert-OH is 4. The van der Waals surface area contributed by atoms with Crippen LogP contribution in [0.15, 0.2) is 0 Å². The normalized spacial score (nSPS) is 10.1. The van der Waals surface area contributed by atoms with E-state index in [0.717, 1.165) is 13.5 Å². The van der Waals surface area contributed by atoms with Crippen LogP contribution in [0.2, 0.25) is 0 Å². The Morgan fingerprint density at radius 2 is 0.714 bits per heavy atom. The van der Waals surface area contributed by atoms with Gasteiger partial charge in [0.15, 0.2) is 0 Å². The molecule has 174 valence electrons. The van der Waals surface area contributed by atoms with Gasteiger partial charge in [0.2, 0.25) is 0 Å². The molecule has 5 nitrogen and oxygen atoms in total. The lowest BCUT2D eigenvalue weighted by Crippen LogP contribution is -2.03. The van der Waals surface area contributed by atoms with Crippen LogP contribution >= 0.6 is 0 Å². The van der Waals surface area contributed by atoms with Crippen LogP contribution in [0.5, 0.6) is 0 Å². The quantitative estimate of drug-likeness (QED) is 0.217. The molecule has 5 heteroatoms. The highest BCUT2D eigenvalue weighted by Gasteiger charge is 1.94. The molecule has 0 aromatic rings. The van der Waals surface area contributed by atoms with Gasteiger partial charge < -0.3 is 25.2 Å². The van der Waals surface area contributed by atoms with Gasteiger partial charge in [0.25, 0.3) is 0 Å². The molecule has 0 atom stereocenters. The maximum atomic E-state index is 8.67. The second kappa shape index (κ2) is 37.5. The van der Waals surface area contributed by atoms with Crippen LogP contribution in [-0.2, 0) is 4.74 Å². The van der Waals surface area contributed by atoms with Gasteiger partial charge >= 0.3 is 0 Å². The number of rotatable bonds is 20. The fourth-order valence-electron chi connectivity index (χ4n) is 2.89. The first-order valence-corrected chi connectivity index (χ1v) is 11.7. The summed E-state index contributed by atoms with van der Waals surface area (Å²) in [5.74, 6) is 0. The summed E-state index contributed by atoms with van der Waals surface area (Å²) in [6, 6.07) is 0. The molecule has 0 rings (SSSR count). The van der Waals surface area contributed by atoms with Crippen molar-refractivity contribution in [2.24, 2.45) is 0 Å². The molecule has 0 unspecified atom stereocenters. The predicted octanol–water partition coefficient (Wildman–Crippen LogP) is 4.84. The molecule has 28 heavy (non-hydrogen) atoms. The van der Waals surface area contributed by atoms with Crippen LogP contribution in [0.3, 0.4) is 0 Å². The third-order valence-corrected chi connectivity index (χ3v) is 4.48. The third-order valence-electron chi connectivity index (χ3n) is 4.48. The molecule has 0 aliphatic carbocycles. The van der Waals surface area contributed by atoms with Gasteiger partial charge in [-0.3, -0.25) is 0 Å². The van der Waals surface area contributed by atoms with Gasteiger partial charge in [-0.25, -0.2) is 0 Å². The molecular weight excluding hydrogens is 356 g/mol. The van der Waals surface area contributed by atoms with Gasteiger partial charge in [-0.1, -0.05) is 103 Å². The van der Waals surface area contributed by atoms with Crippen molar-refractivity contribution >= 4 is 0 Å². The van der Waals surface area contributed by atoms with Gasteiger partial charge in [0, 0.05) is 13.7 Å². The van der Waals surface area contributed by atoms with Crippen molar-refractivity contribution in [1.29, 1.82) is 0 Å². The predicted molar refractivity (Wildman–Crippen MR) is 120 cm³/mol. The van der Waals surface area contributed by atoms with E-state index < -0.39 is 0 Å². The van der Waals surface area contributed by atoms with Gasteiger partial charge in [-0.05, 0) is 6.42 Å². The van der Waals surface area contributed by atoms with E-state index in [1.54, 1.807) is 0 Å². The second-order valence-electron chi connectivity index (χ2n) is 7.09. The summed E-state index contributed by atoms with van der Waals surface area (Å²) in [4.78, 5) is 0. The Balaban J connectivity index is -0.000000581. The first kappa shape index (κ1) is 32.5. The van der Waals surface area contributed by atoms with Crippen LogP contribution in [0, 0.1) is 0 Å². The Bertz CT molecular complexity index is 195. The number of ether oxygens (including phenoxy) is 1. The van der Waals surface area contributed by atoms with Crippen LogP contribution in [-0.4, -0.2) is 60.6 Å². The van der Waals surface area contributed by atoms with Gasteiger partial charge in [-0.2, -0.15) is 0 Å². The minimum atomic E-state index is 0.0278. The Morgan fingerprint density at radius 3 is 0.964 bits per heavy atom. The minimum Gasteiger partial charge on any atom is -0.400 e. The summed E-state index contributed by atoms with van der Waals surface area (Å²) >= 11 is 0. The first-order valence-electron chi connectivity index (χ1n) is 11.7. The lowest BCUT2D eigenvalue weighted by Gasteiger charge is -2.03. The SMILES string of the molecule is CCCCCCCCCCCCCCCCCCO.CO.OCCOCCO. The molecule has 0 aliphatic heterocycles. The number of unbranched alkanes of at least 4 members (excludes halogenated alkanes) is 15. The average Bonchev–Trinajstić information content (AvgIpc) is 2.73. The largest absolute Gasteiger partial charge is 0.400 e. The molecule has 0 heterocycles. The number of aliphatic hydroxyl groups is 4. The standard InChI is InChI=1S/C18H38O.C4H10O3.CH4O/c1-2-3-4-5-6-7-8-9-10-11-12-13-14-15-16-17-18-19;5-1-3-7-4-2-6;1-2/h19H,2-18H2,1H3;5-6H,1-4H2;2H,1H3. The van der Waals surface area contributed by atoms with Crippen molar-refractivity contribution in [2.45, 2.75) is 110 Å². The van der Waals surface area contributed by atoms with Crippen LogP contribution in [0.25, 0.3) is 0 Å². The first-order chi connectivity index (χ1) is 13.8. The molecule has 0 aromatic carbocycles. The zero-order chi connectivity index (χ0) is 21.6. The van der Waals surface area contributed by atoms with Gasteiger partial charge in [0.05, 0.1) is 26.4 Å². The summed E-state index contributed by atoms with van der Waals surface area (Å²) in [6.45, 7) is 3.35. The van der Waals surface area contributed by atoms with E-state index in [9.17, 15) is 0 Å². The van der Waals surface area contributed by atoms with E-state index in [1.807, 2.05) is 0 Å². The van der Waals surface area contributed by atoms with E-state index in [2.05, 4.69) is 11.7 Å². The molecule has 0 aliphatic rings. The molecule has 0 aromatic heterocycles. The highest BCUT2D eigenvalue weighted by Crippen LogP contribution is 2.13. The number of hydrogen-bond donors (Lipinski definition) is 4. The van der Waals surface area contributed by atoms with Crippen molar-refractivity contribution in [3.8, 4) is 0 Å². The lowest BCUT2D eigenvalue weighted by atomic mass is 10.0.